The highest BCUT2D eigenvalue weighted by Gasteiger charge is 2.10. The number of halogens is 1. The lowest BCUT2D eigenvalue weighted by molar-refractivity contribution is 0.0467. The number of hydrogen-bond acceptors (Lipinski definition) is 3. The Morgan fingerprint density at radius 3 is 2.75 bits per heavy atom. The third kappa shape index (κ3) is 3.62. The number of rotatable bonds is 5. The lowest BCUT2D eigenvalue weighted by Gasteiger charge is -2.06. The molecule has 1 aromatic rings. The number of ether oxygens (including phenoxy) is 2. The first-order valence-corrected chi connectivity index (χ1v) is 5.07. The summed E-state index contributed by atoms with van der Waals surface area (Å²) in [7, 11) is 1.59. The molecule has 0 radical (unpaired) electrons. The van der Waals surface area contributed by atoms with Crippen molar-refractivity contribution in [2.75, 3.05) is 20.3 Å². The Morgan fingerprint density at radius 2 is 2.12 bits per heavy atom. The van der Waals surface area contributed by atoms with Crippen molar-refractivity contribution in [1.29, 1.82) is 0 Å². The van der Waals surface area contributed by atoms with E-state index in [-0.39, 0.29) is 5.82 Å². The van der Waals surface area contributed by atoms with Gasteiger partial charge in [-0.25, -0.2) is 9.18 Å². The molecule has 0 aromatic heterocycles. The fourth-order valence-corrected chi connectivity index (χ4v) is 1.30. The molecule has 0 aliphatic carbocycles. The molecule has 0 bridgehead atoms. The van der Waals surface area contributed by atoms with Crippen LogP contribution in [0.5, 0.6) is 0 Å². The first kappa shape index (κ1) is 12.6. The Hall–Kier alpha value is -1.42. The third-order valence-electron chi connectivity index (χ3n) is 2.13. The van der Waals surface area contributed by atoms with E-state index in [4.69, 9.17) is 9.47 Å². The van der Waals surface area contributed by atoms with Gasteiger partial charge in [-0.15, -0.1) is 0 Å². The van der Waals surface area contributed by atoms with Gasteiger partial charge in [-0.05, 0) is 30.7 Å². The standard InChI is InChI=1S/C12H15FO3/c1-9-8-10(13)4-5-11(9)12(14)16-7-3-6-15-2/h4-5,8H,3,6-7H2,1-2H3. The zero-order valence-electron chi connectivity index (χ0n) is 9.46. The predicted molar refractivity (Wildman–Crippen MR) is 57.9 cm³/mol. The molecule has 0 fully saturated rings. The minimum absolute atomic E-state index is 0.309. The quantitative estimate of drug-likeness (QED) is 0.571. The monoisotopic (exact) mass is 226 g/mol. The summed E-state index contributed by atoms with van der Waals surface area (Å²) in [5.41, 5.74) is 0.982. The van der Waals surface area contributed by atoms with E-state index in [0.717, 1.165) is 0 Å². The zero-order valence-corrected chi connectivity index (χ0v) is 9.46. The Balaban J connectivity index is 2.53. The van der Waals surface area contributed by atoms with Crippen LogP contribution in [0.1, 0.15) is 22.3 Å². The summed E-state index contributed by atoms with van der Waals surface area (Å²) < 4.78 is 22.6. The summed E-state index contributed by atoms with van der Waals surface area (Å²) in [4.78, 5) is 11.6. The SMILES string of the molecule is COCCCOC(=O)c1ccc(F)cc1C. The minimum Gasteiger partial charge on any atom is -0.462 e. The number of carbonyl (C=O) groups excluding carboxylic acids is 1. The maximum atomic E-state index is 12.8. The van der Waals surface area contributed by atoms with Gasteiger partial charge < -0.3 is 9.47 Å². The van der Waals surface area contributed by atoms with Gasteiger partial charge in [0.15, 0.2) is 0 Å². The van der Waals surface area contributed by atoms with Gasteiger partial charge in [-0.2, -0.15) is 0 Å². The summed E-state index contributed by atoms with van der Waals surface area (Å²) in [5, 5.41) is 0. The third-order valence-corrected chi connectivity index (χ3v) is 2.13. The van der Waals surface area contributed by atoms with E-state index in [0.29, 0.717) is 30.8 Å². The van der Waals surface area contributed by atoms with Gasteiger partial charge in [0.1, 0.15) is 5.82 Å². The fraction of sp³-hybridized carbons (Fsp3) is 0.417. The maximum absolute atomic E-state index is 12.8. The van der Waals surface area contributed by atoms with E-state index in [1.165, 1.54) is 18.2 Å². The number of hydrogen-bond donors (Lipinski definition) is 0. The van der Waals surface area contributed by atoms with E-state index in [1.54, 1.807) is 14.0 Å². The molecule has 0 aliphatic heterocycles. The molecule has 0 saturated carbocycles. The van der Waals surface area contributed by atoms with Gasteiger partial charge in [0.2, 0.25) is 0 Å². The lowest BCUT2D eigenvalue weighted by atomic mass is 10.1. The Bertz CT molecular complexity index is 363. The topological polar surface area (TPSA) is 35.5 Å². The second kappa shape index (κ2) is 6.23. The smallest absolute Gasteiger partial charge is 0.338 e. The van der Waals surface area contributed by atoms with Crippen molar-refractivity contribution in [1.82, 2.24) is 0 Å². The summed E-state index contributed by atoms with van der Waals surface area (Å²) in [6.07, 6.45) is 0.655. The molecule has 0 amide bonds. The summed E-state index contributed by atoms with van der Waals surface area (Å²) in [6.45, 7) is 2.54. The maximum Gasteiger partial charge on any atom is 0.338 e. The number of esters is 1. The van der Waals surface area contributed by atoms with Gasteiger partial charge in [0, 0.05) is 20.1 Å². The molecule has 16 heavy (non-hydrogen) atoms. The molecule has 0 saturated heterocycles. The highest BCUT2D eigenvalue weighted by Crippen LogP contribution is 2.11. The number of carbonyl (C=O) groups is 1. The molecular weight excluding hydrogens is 211 g/mol. The van der Waals surface area contributed by atoms with Crippen molar-refractivity contribution in [3.8, 4) is 0 Å². The van der Waals surface area contributed by atoms with Crippen molar-refractivity contribution in [2.24, 2.45) is 0 Å². The van der Waals surface area contributed by atoms with Gasteiger partial charge in [-0.1, -0.05) is 0 Å². The molecule has 88 valence electrons. The van der Waals surface area contributed by atoms with E-state index in [2.05, 4.69) is 0 Å². The molecule has 3 nitrogen and oxygen atoms in total. The van der Waals surface area contributed by atoms with Crippen LogP contribution in [-0.2, 0) is 9.47 Å². The van der Waals surface area contributed by atoms with Crippen LogP contribution >= 0.6 is 0 Å². The van der Waals surface area contributed by atoms with Crippen LogP contribution in [0.4, 0.5) is 4.39 Å². The van der Waals surface area contributed by atoms with Gasteiger partial charge in [0.05, 0.1) is 12.2 Å². The van der Waals surface area contributed by atoms with Crippen LogP contribution in [0.3, 0.4) is 0 Å². The lowest BCUT2D eigenvalue weighted by Crippen LogP contribution is -2.09. The first-order chi connectivity index (χ1) is 7.65. The first-order valence-electron chi connectivity index (χ1n) is 5.07. The van der Waals surface area contributed by atoms with Crippen LogP contribution in [0.2, 0.25) is 0 Å². The van der Waals surface area contributed by atoms with Crippen LogP contribution in [-0.4, -0.2) is 26.3 Å². The highest BCUT2D eigenvalue weighted by atomic mass is 19.1. The van der Waals surface area contributed by atoms with Crippen molar-refractivity contribution in [3.05, 3.63) is 35.1 Å². The van der Waals surface area contributed by atoms with Crippen molar-refractivity contribution >= 4 is 5.97 Å². The van der Waals surface area contributed by atoms with Crippen LogP contribution < -0.4 is 0 Å². The summed E-state index contributed by atoms with van der Waals surface area (Å²) in [5.74, 6) is -0.776. The molecular formula is C12H15FO3. The fourth-order valence-electron chi connectivity index (χ4n) is 1.30. The van der Waals surface area contributed by atoms with E-state index in [9.17, 15) is 9.18 Å². The average molecular weight is 226 g/mol. The van der Waals surface area contributed by atoms with E-state index >= 15 is 0 Å². The Labute approximate surface area is 94.2 Å². The molecule has 0 heterocycles. The Morgan fingerprint density at radius 1 is 1.38 bits per heavy atom. The minimum atomic E-state index is -0.423. The number of aryl methyl sites for hydroxylation is 1. The van der Waals surface area contributed by atoms with Crippen LogP contribution in [0, 0.1) is 12.7 Å². The van der Waals surface area contributed by atoms with Crippen molar-refractivity contribution < 1.29 is 18.7 Å². The van der Waals surface area contributed by atoms with Crippen molar-refractivity contribution in [3.63, 3.8) is 0 Å². The summed E-state index contributed by atoms with van der Waals surface area (Å²) in [6, 6.07) is 3.99. The Kier molecular flexibility index (Phi) is 4.92. The van der Waals surface area contributed by atoms with Gasteiger partial charge in [-0.3, -0.25) is 0 Å². The van der Waals surface area contributed by atoms with Crippen LogP contribution in [0.25, 0.3) is 0 Å². The normalized spacial score (nSPS) is 10.2. The van der Waals surface area contributed by atoms with E-state index < -0.39 is 5.97 Å². The molecule has 0 aliphatic rings. The number of methoxy groups -OCH3 is 1. The molecule has 0 unspecified atom stereocenters. The molecule has 1 aromatic carbocycles. The highest BCUT2D eigenvalue weighted by molar-refractivity contribution is 5.90. The average Bonchev–Trinajstić information content (AvgIpc) is 2.24. The van der Waals surface area contributed by atoms with Gasteiger partial charge in [0.25, 0.3) is 0 Å². The second-order valence-corrected chi connectivity index (χ2v) is 3.44. The predicted octanol–water partition coefficient (Wildman–Crippen LogP) is 2.33. The zero-order chi connectivity index (χ0) is 12.0. The largest absolute Gasteiger partial charge is 0.462 e. The number of benzene rings is 1. The van der Waals surface area contributed by atoms with Gasteiger partial charge >= 0.3 is 5.97 Å². The van der Waals surface area contributed by atoms with E-state index in [1.807, 2.05) is 0 Å². The molecule has 0 atom stereocenters. The summed E-state index contributed by atoms with van der Waals surface area (Å²) >= 11 is 0. The molecule has 1 rings (SSSR count). The van der Waals surface area contributed by atoms with Crippen molar-refractivity contribution in [2.45, 2.75) is 13.3 Å². The molecule has 4 heteroatoms. The molecule has 0 spiro atoms. The van der Waals surface area contributed by atoms with Crippen LogP contribution in [0.15, 0.2) is 18.2 Å². The molecule has 0 N–H and O–H groups in total. The second-order valence-electron chi connectivity index (χ2n) is 3.44.